The third-order valence-electron chi connectivity index (χ3n) is 4.09. The van der Waals surface area contributed by atoms with Gasteiger partial charge in [-0.15, -0.1) is 5.10 Å². The molecule has 1 aromatic carbocycles. The topological polar surface area (TPSA) is 68.5 Å². The zero-order valence-electron chi connectivity index (χ0n) is 13.0. The largest absolute Gasteiger partial charge is 0.396 e. The van der Waals surface area contributed by atoms with E-state index >= 15 is 0 Å². The summed E-state index contributed by atoms with van der Waals surface area (Å²) in [5, 5.41) is 15.0. The maximum atomic E-state index is 12.9. The van der Waals surface area contributed by atoms with Crippen LogP contribution in [0, 0.1) is 0 Å². The van der Waals surface area contributed by atoms with E-state index in [1.165, 1.54) is 0 Å². The average molecular weight is 442 g/mol. The van der Waals surface area contributed by atoms with Crippen molar-refractivity contribution in [2.75, 3.05) is 19.8 Å². The predicted molar refractivity (Wildman–Crippen MR) is 103 cm³/mol. The van der Waals surface area contributed by atoms with Crippen molar-refractivity contribution in [2.24, 2.45) is 10.1 Å². The second-order valence-electron chi connectivity index (χ2n) is 5.66. The number of benzene rings is 1. The van der Waals surface area contributed by atoms with Crippen molar-refractivity contribution in [3.05, 3.63) is 56.4 Å². The Hall–Kier alpha value is -1.48. The summed E-state index contributed by atoms with van der Waals surface area (Å²) in [5.41, 5.74) is 2.36. The summed E-state index contributed by atoms with van der Waals surface area (Å²) in [6.45, 7) is 0.787. The highest BCUT2D eigenvalue weighted by molar-refractivity contribution is 9.07. The van der Waals surface area contributed by atoms with E-state index in [1.807, 2.05) is 35.2 Å². The maximum absolute atomic E-state index is 12.9. The minimum atomic E-state index is -1.32. The Labute approximate surface area is 161 Å². The fourth-order valence-electron chi connectivity index (χ4n) is 3.02. The Balaban J connectivity index is 1.81. The molecule has 0 spiro atoms. The van der Waals surface area contributed by atoms with Gasteiger partial charge in [0.1, 0.15) is 17.4 Å². The van der Waals surface area contributed by atoms with Crippen molar-refractivity contribution < 1.29 is 9.32 Å². The molecular weight excluding hydrogens is 428 g/mol. The van der Waals surface area contributed by atoms with Gasteiger partial charge in [-0.25, -0.2) is 8.24 Å². The SMILES string of the molecule is O=S1C(CCO)=CC2=C1N1CN(Br)N=C1C(c1ccccc1Cl)=NC2. The number of hydrazone groups is 1. The second kappa shape index (κ2) is 6.68. The Kier molecular flexibility index (Phi) is 4.53. The number of fused-ring (bicyclic) bond motifs is 2. The van der Waals surface area contributed by atoms with Crippen LogP contribution in [0.1, 0.15) is 12.0 Å². The number of aliphatic hydroxyl groups excluding tert-OH is 1. The Bertz CT molecular complexity index is 896. The van der Waals surface area contributed by atoms with E-state index in [-0.39, 0.29) is 6.61 Å². The first-order valence-electron chi connectivity index (χ1n) is 7.65. The molecule has 1 aromatic rings. The van der Waals surface area contributed by atoms with Crippen molar-refractivity contribution in [3.63, 3.8) is 0 Å². The molecule has 0 aromatic heterocycles. The summed E-state index contributed by atoms with van der Waals surface area (Å²) in [5.74, 6) is 0.613. The molecule has 0 aliphatic carbocycles. The number of aliphatic hydroxyl groups is 1. The molecule has 1 atom stereocenters. The van der Waals surface area contributed by atoms with Crippen molar-refractivity contribution in [1.82, 2.24) is 8.93 Å². The molecule has 0 radical (unpaired) electrons. The first kappa shape index (κ1) is 17.0. The summed E-state index contributed by atoms with van der Waals surface area (Å²) in [6.07, 6.45) is 2.27. The normalized spacial score (nSPS) is 22.4. The fraction of sp³-hybridized carbons (Fsp3) is 0.250. The van der Waals surface area contributed by atoms with Crippen LogP contribution in [-0.4, -0.2) is 49.6 Å². The van der Waals surface area contributed by atoms with Crippen LogP contribution in [-0.2, 0) is 10.8 Å². The number of nitrogens with zero attached hydrogens (tertiary/aromatic N) is 4. The summed E-state index contributed by atoms with van der Waals surface area (Å²) in [6, 6.07) is 7.48. The molecule has 0 amide bonds. The molecule has 3 aliphatic rings. The molecule has 0 saturated heterocycles. The minimum Gasteiger partial charge on any atom is -0.396 e. The van der Waals surface area contributed by atoms with Crippen LogP contribution in [0.4, 0.5) is 0 Å². The third-order valence-corrected chi connectivity index (χ3v) is 6.44. The number of halogens is 2. The Morgan fingerprint density at radius 2 is 2.16 bits per heavy atom. The zero-order chi connectivity index (χ0) is 17.6. The van der Waals surface area contributed by atoms with Crippen LogP contribution in [0.2, 0.25) is 5.02 Å². The summed E-state index contributed by atoms with van der Waals surface area (Å²) in [7, 11) is -1.32. The molecule has 0 bridgehead atoms. The minimum absolute atomic E-state index is 0.0300. The van der Waals surface area contributed by atoms with Gasteiger partial charge in [-0.2, -0.15) is 0 Å². The number of amidine groups is 1. The summed E-state index contributed by atoms with van der Waals surface area (Å²) >= 11 is 9.73. The monoisotopic (exact) mass is 440 g/mol. The molecule has 130 valence electrons. The Morgan fingerprint density at radius 3 is 2.92 bits per heavy atom. The number of rotatable bonds is 3. The van der Waals surface area contributed by atoms with E-state index in [1.54, 1.807) is 4.03 Å². The first-order valence-corrected chi connectivity index (χ1v) is 9.89. The standard InChI is InChI=1S/C16H14BrClN4O2S/c17-22-9-21-15(20-22)14(12-3-1-2-4-13(12)18)19-8-10-7-11(5-6-23)25(24)16(10)21/h1-4,7,23H,5-6,8-9H2. The van der Waals surface area contributed by atoms with Gasteiger partial charge in [0, 0.05) is 29.1 Å². The molecule has 6 nitrogen and oxygen atoms in total. The highest BCUT2D eigenvalue weighted by atomic mass is 79.9. The highest BCUT2D eigenvalue weighted by Gasteiger charge is 2.38. The van der Waals surface area contributed by atoms with Crippen LogP contribution in [0.3, 0.4) is 0 Å². The lowest BCUT2D eigenvalue weighted by atomic mass is 10.1. The number of hydrogen-bond acceptors (Lipinski definition) is 6. The van der Waals surface area contributed by atoms with Gasteiger partial charge in [-0.3, -0.25) is 9.89 Å². The molecule has 1 unspecified atom stereocenters. The second-order valence-corrected chi connectivity index (χ2v) is 8.33. The van der Waals surface area contributed by atoms with Gasteiger partial charge in [-0.05, 0) is 12.1 Å². The molecule has 3 aliphatic heterocycles. The van der Waals surface area contributed by atoms with Crippen LogP contribution in [0.5, 0.6) is 0 Å². The highest BCUT2D eigenvalue weighted by Crippen LogP contribution is 2.36. The third kappa shape index (κ3) is 2.87. The average Bonchev–Trinajstić information content (AvgIpc) is 3.06. The summed E-state index contributed by atoms with van der Waals surface area (Å²) < 4.78 is 14.5. The smallest absolute Gasteiger partial charge is 0.182 e. The van der Waals surface area contributed by atoms with E-state index in [0.29, 0.717) is 41.2 Å². The van der Waals surface area contributed by atoms with Gasteiger partial charge >= 0.3 is 0 Å². The van der Waals surface area contributed by atoms with Crippen molar-refractivity contribution in [3.8, 4) is 0 Å². The van der Waals surface area contributed by atoms with Crippen LogP contribution in [0.15, 0.2) is 55.9 Å². The first-order chi connectivity index (χ1) is 12.1. The quantitative estimate of drug-likeness (QED) is 0.732. The van der Waals surface area contributed by atoms with Crippen molar-refractivity contribution in [1.29, 1.82) is 0 Å². The van der Waals surface area contributed by atoms with Gasteiger partial charge in [0.2, 0.25) is 0 Å². The summed E-state index contributed by atoms with van der Waals surface area (Å²) in [4.78, 5) is 7.33. The van der Waals surface area contributed by atoms with Gasteiger partial charge in [0.25, 0.3) is 0 Å². The molecular formula is C16H14BrClN4O2S. The maximum Gasteiger partial charge on any atom is 0.182 e. The molecule has 4 rings (SSSR count). The van der Waals surface area contributed by atoms with Crippen LogP contribution in [0.25, 0.3) is 0 Å². The fourth-order valence-corrected chi connectivity index (χ4v) is 5.10. The van der Waals surface area contributed by atoms with Gasteiger partial charge < -0.3 is 5.11 Å². The van der Waals surface area contributed by atoms with Gasteiger partial charge in [0.05, 0.1) is 38.5 Å². The molecule has 25 heavy (non-hydrogen) atoms. The van der Waals surface area contributed by atoms with E-state index in [4.69, 9.17) is 16.6 Å². The van der Waals surface area contributed by atoms with Gasteiger partial charge in [-0.1, -0.05) is 29.8 Å². The molecule has 3 heterocycles. The van der Waals surface area contributed by atoms with E-state index < -0.39 is 10.8 Å². The number of hydrogen-bond donors (Lipinski definition) is 1. The zero-order valence-corrected chi connectivity index (χ0v) is 16.2. The van der Waals surface area contributed by atoms with Crippen molar-refractivity contribution in [2.45, 2.75) is 6.42 Å². The van der Waals surface area contributed by atoms with E-state index in [2.05, 4.69) is 21.2 Å². The molecule has 0 fully saturated rings. The lowest BCUT2D eigenvalue weighted by molar-refractivity contribution is 0.301. The van der Waals surface area contributed by atoms with Crippen molar-refractivity contribution >= 4 is 50.1 Å². The molecule has 9 heteroatoms. The molecule has 1 N–H and O–H groups in total. The lowest BCUT2D eigenvalue weighted by Gasteiger charge is -2.21. The molecule has 0 saturated carbocycles. The van der Waals surface area contributed by atoms with E-state index in [0.717, 1.165) is 16.0 Å². The predicted octanol–water partition coefficient (Wildman–Crippen LogP) is 2.58. The number of aliphatic imine (C=N–C) groups is 1. The van der Waals surface area contributed by atoms with Crippen LogP contribution < -0.4 is 0 Å². The van der Waals surface area contributed by atoms with Crippen LogP contribution >= 0.6 is 27.7 Å². The van der Waals surface area contributed by atoms with Gasteiger partial charge in [0.15, 0.2) is 5.84 Å². The van der Waals surface area contributed by atoms with E-state index in [9.17, 15) is 9.32 Å². The lowest BCUT2D eigenvalue weighted by Crippen LogP contribution is -2.34. The Morgan fingerprint density at radius 1 is 1.36 bits per heavy atom.